The normalized spacial score (nSPS) is 18.1. The van der Waals surface area contributed by atoms with Crippen molar-refractivity contribution in [2.24, 2.45) is 11.8 Å². The highest BCUT2D eigenvalue weighted by Gasteiger charge is 2.19. The SMILES string of the molecule is NNC(CSc1ccccc1Br)CC1CCCC1. The van der Waals surface area contributed by atoms with E-state index in [-0.39, 0.29) is 0 Å². The van der Waals surface area contributed by atoms with Gasteiger partial charge in [-0.2, -0.15) is 0 Å². The topological polar surface area (TPSA) is 38.0 Å². The lowest BCUT2D eigenvalue weighted by molar-refractivity contribution is 0.415. The van der Waals surface area contributed by atoms with E-state index in [2.05, 4.69) is 39.6 Å². The Morgan fingerprint density at radius 1 is 1.33 bits per heavy atom. The minimum absolute atomic E-state index is 0.421. The summed E-state index contributed by atoms with van der Waals surface area (Å²) in [6.45, 7) is 0. The molecule has 1 saturated carbocycles. The number of nitrogens with two attached hydrogens (primary N) is 1. The van der Waals surface area contributed by atoms with Gasteiger partial charge in [-0.1, -0.05) is 37.8 Å². The molecule has 2 nitrogen and oxygen atoms in total. The molecule has 0 aliphatic heterocycles. The van der Waals surface area contributed by atoms with E-state index in [1.165, 1.54) is 41.5 Å². The molecule has 1 fully saturated rings. The van der Waals surface area contributed by atoms with Crippen molar-refractivity contribution >= 4 is 27.7 Å². The first-order valence-corrected chi connectivity index (χ1v) is 8.41. The molecule has 1 atom stereocenters. The molecular weight excluding hydrogens is 308 g/mol. The van der Waals surface area contributed by atoms with Crippen LogP contribution in [0.15, 0.2) is 33.6 Å². The highest BCUT2D eigenvalue weighted by atomic mass is 79.9. The molecule has 0 spiro atoms. The van der Waals surface area contributed by atoms with Crippen molar-refractivity contribution in [3.63, 3.8) is 0 Å². The number of hydrogen-bond donors (Lipinski definition) is 2. The minimum Gasteiger partial charge on any atom is -0.271 e. The van der Waals surface area contributed by atoms with Crippen molar-refractivity contribution < 1.29 is 0 Å². The first-order chi connectivity index (χ1) is 8.79. The van der Waals surface area contributed by atoms with Gasteiger partial charge in [-0.15, -0.1) is 11.8 Å². The lowest BCUT2D eigenvalue weighted by atomic mass is 10.00. The molecule has 1 aliphatic carbocycles. The van der Waals surface area contributed by atoms with Crippen LogP contribution in [0.4, 0.5) is 0 Å². The van der Waals surface area contributed by atoms with Gasteiger partial charge >= 0.3 is 0 Å². The molecule has 0 saturated heterocycles. The van der Waals surface area contributed by atoms with E-state index in [4.69, 9.17) is 5.84 Å². The summed E-state index contributed by atoms with van der Waals surface area (Å²) in [4.78, 5) is 1.30. The van der Waals surface area contributed by atoms with Crippen molar-refractivity contribution in [2.75, 3.05) is 5.75 Å². The second-order valence-electron chi connectivity index (χ2n) is 4.99. The zero-order valence-electron chi connectivity index (χ0n) is 10.6. The van der Waals surface area contributed by atoms with Crippen molar-refractivity contribution in [1.29, 1.82) is 0 Å². The molecule has 0 aromatic heterocycles. The predicted molar refractivity (Wildman–Crippen MR) is 82.6 cm³/mol. The second-order valence-corrected chi connectivity index (χ2v) is 6.91. The molecule has 18 heavy (non-hydrogen) atoms. The van der Waals surface area contributed by atoms with Crippen molar-refractivity contribution in [2.45, 2.75) is 43.0 Å². The van der Waals surface area contributed by atoms with Gasteiger partial charge in [0.05, 0.1) is 0 Å². The molecule has 1 aromatic rings. The highest BCUT2D eigenvalue weighted by Crippen LogP contribution is 2.31. The van der Waals surface area contributed by atoms with Crippen molar-refractivity contribution in [3.8, 4) is 0 Å². The third kappa shape index (κ3) is 4.26. The second kappa shape index (κ2) is 7.53. The van der Waals surface area contributed by atoms with E-state index in [0.717, 1.165) is 11.7 Å². The van der Waals surface area contributed by atoms with Crippen LogP contribution in [-0.4, -0.2) is 11.8 Å². The summed E-state index contributed by atoms with van der Waals surface area (Å²) in [5, 5.41) is 0. The van der Waals surface area contributed by atoms with Crippen LogP contribution in [0.2, 0.25) is 0 Å². The Morgan fingerprint density at radius 2 is 2.06 bits per heavy atom. The van der Waals surface area contributed by atoms with Crippen LogP contribution in [0.3, 0.4) is 0 Å². The maximum absolute atomic E-state index is 5.68. The lowest BCUT2D eigenvalue weighted by Gasteiger charge is -2.19. The van der Waals surface area contributed by atoms with Crippen LogP contribution in [0.1, 0.15) is 32.1 Å². The number of rotatable bonds is 6. The van der Waals surface area contributed by atoms with Gasteiger partial charge in [0.1, 0.15) is 0 Å². The quantitative estimate of drug-likeness (QED) is 0.471. The van der Waals surface area contributed by atoms with E-state index in [0.29, 0.717) is 6.04 Å². The zero-order chi connectivity index (χ0) is 12.8. The van der Waals surface area contributed by atoms with E-state index in [1.54, 1.807) is 0 Å². The van der Waals surface area contributed by atoms with Gasteiger partial charge in [0.15, 0.2) is 0 Å². The van der Waals surface area contributed by atoms with Gasteiger partial charge in [0.25, 0.3) is 0 Å². The Bertz CT molecular complexity index is 367. The zero-order valence-corrected chi connectivity index (χ0v) is 13.0. The Balaban J connectivity index is 1.81. The van der Waals surface area contributed by atoms with Crippen LogP contribution < -0.4 is 11.3 Å². The van der Waals surface area contributed by atoms with E-state index in [1.807, 2.05) is 17.8 Å². The third-order valence-electron chi connectivity index (χ3n) is 3.60. The Hall–Kier alpha value is -0.0300. The number of nitrogens with one attached hydrogen (secondary N) is 1. The van der Waals surface area contributed by atoms with Crippen molar-refractivity contribution in [3.05, 3.63) is 28.7 Å². The van der Waals surface area contributed by atoms with E-state index >= 15 is 0 Å². The summed E-state index contributed by atoms with van der Waals surface area (Å²) >= 11 is 5.46. The number of thioether (sulfide) groups is 1. The van der Waals surface area contributed by atoms with E-state index < -0.39 is 0 Å². The molecule has 1 aromatic carbocycles. The number of hydrogen-bond acceptors (Lipinski definition) is 3. The summed E-state index contributed by atoms with van der Waals surface area (Å²) in [5.41, 5.74) is 2.98. The lowest BCUT2D eigenvalue weighted by Crippen LogP contribution is -2.38. The molecule has 0 bridgehead atoms. The first-order valence-electron chi connectivity index (χ1n) is 6.63. The molecule has 0 radical (unpaired) electrons. The summed E-state index contributed by atoms with van der Waals surface area (Å²) < 4.78 is 1.17. The summed E-state index contributed by atoms with van der Waals surface area (Å²) in [6.07, 6.45) is 6.79. The number of halogens is 1. The summed E-state index contributed by atoms with van der Waals surface area (Å²) in [5.74, 6) is 7.60. The van der Waals surface area contributed by atoms with E-state index in [9.17, 15) is 0 Å². The maximum atomic E-state index is 5.68. The van der Waals surface area contributed by atoms with Gasteiger partial charge in [0, 0.05) is 21.2 Å². The highest BCUT2D eigenvalue weighted by molar-refractivity contribution is 9.10. The molecule has 2 rings (SSSR count). The van der Waals surface area contributed by atoms with Crippen LogP contribution in [0, 0.1) is 5.92 Å². The van der Waals surface area contributed by atoms with Crippen LogP contribution in [0.25, 0.3) is 0 Å². The molecule has 0 amide bonds. The third-order valence-corrected chi connectivity index (χ3v) is 5.79. The van der Waals surface area contributed by atoms with Gasteiger partial charge in [-0.05, 0) is 40.4 Å². The average molecular weight is 329 g/mol. The Kier molecular flexibility index (Phi) is 6.02. The van der Waals surface area contributed by atoms with Crippen LogP contribution in [0.5, 0.6) is 0 Å². The van der Waals surface area contributed by atoms with Gasteiger partial charge in [-0.3, -0.25) is 11.3 Å². The molecule has 1 unspecified atom stereocenters. The maximum Gasteiger partial charge on any atom is 0.0311 e. The molecule has 100 valence electrons. The fraction of sp³-hybridized carbons (Fsp3) is 0.571. The Labute approximate surface area is 122 Å². The largest absolute Gasteiger partial charge is 0.271 e. The minimum atomic E-state index is 0.421. The van der Waals surface area contributed by atoms with Crippen molar-refractivity contribution in [1.82, 2.24) is 5.43 Å². The summed E-state index contributed by atoms with van der Waals surface area (Å²) in [6, 6.07) is 8.78. The van der Waals surface area contributed by atoms with Crippen LogP contribution >= 0.6 is 27.7 Å². The summed E-state index contributed by atoms with van der Waals surface area (Å²) in [7, 11) is 0. The molecule has 1 aliphatic rings. The standard InChI is InChI=1S/C14H21BrN2S/c15-13-7-3-4-8-14(13)18-10-12(17-16)9-11-5-1-2-6-11/h3-4,7-8,11-12,17H,1-2,5-6,9-10,16H2. The molecular formula is C14H21BrN2S. The molecule has 0 heterocycles. The van der Waals surface area contributed by atoms with Crippen LogP contribution in [-0.2, 0) is 0 Å². The Morgan fingerprint density at radius 3 is 2.72 bits per heavy atom. The van der Waals surface area contributed by atoms with Gasteiger partial charge < -0.3 is 0 Å². The van der Waals surface area contributed by atoms with Gasteiger partial charge in [0.2, 0.25) is 0 Å². The number of hydrazine groups is 1. The number of benzene rings is 1. The fourth-order valence-corrected chi connectivity index (χ4v) is 4.21. The predicted octanol–water partition coefficient (Wildman–Crippen LogP) is 3.95. The first kappa shape index (κ1) is 14.4. The molecule has 3 N–H and O–H groups in total. The molecule has 4 heteroatoms. The average Bonchev–Trinajstić information content (AvgIpc) is 2.89. The monoisotopic (exact) mass is 328 g/mol. The smallest absolute Gasteiger partial charge is 0.0311 e. The van der Waals surface area contributed by atoms with Gasteiger partial charge in [-0.25, -0.2) is 0 Å². The fourth-order valence-electron chi connectivity index (χ4n) is 2.58.